The van der Waals surface area contributed by atoms with Gasteiger partial charge in [-0.25, -0.2) is 4.79 Å². The fourth-order valence-electron chi connectivity index (χ4n) is 2.75. The van der Waals surface area contributed by atoms with E-state index < -0.39 is 11.6 Å². The van der Waals surface area contributed by atoms with Crippen molar-refractivity contribution in [3.63, 3.8) is 0 Å². The number of thioether (sulfide) groups is 1. The van der Waals surface area contributed by atoms with Crippen LogP contribution in [0.4, 0.5) is 0 Å². The van der Waals surface area contributed by atoms with Crippen molar-refractivity contribution in [2.75, 3.05) is 18.1 Å². The maximum Gasteiger partial charge on any atom is 0.344 e. The third kappa shape index (κ3) is 3.85. The number of aliphatic hydroxyl groups is 1. The minimum atomic E-state index is -0.549. The fraction of sp³-hybridized carbons (Fsp3) is 0.625. The standard InChI is InChI=1S/C16H23NO4S/c1-3-6-12(17-20-8-4-2)14-13(18)10-16(21-15(14)19)7-5-9-22-11-16/h4,18H,2-3,5-11H2,1H3. The second kappa shape index (κ2) is 7.72. The quantitative estimate of drug-likeness (QED) is 0.267. The molecule has 1 N–H and O–H groups in total. The van der Waals surface area contributed by atoms with Crippen LogP contribution >= 0.6 is 11.8 Å². The Balaban J connectivity index is 2.23. The number of oxime groups is 1. The molecule has 1 spiro atoms. The van der Waals surface area contributed by atoms with E-state index in [2.05, 4.69) is 11.7 Å². The number of esters is 1. The molecular formula is C16H23NO4S. The van der Waals surface area contributed by atoms with Gasteiger partial charge in [0.2, 0.25) is 0 Å². The van der Waals surface area contributed by atoms with Crippen molar-refractivity contribution in [3.05, 3.63) is 24.0 Å². The molecule has 1 saturated heterocycles. The Morgan fingerprint density at radius 3 is 3.05 bits per heavy atom. The van der Waals surface area contributed by atoms with Crippen molar-refractivity contribution < 1.29 is 19.5 Å². The van der Waals surface area contributed by atoms with E-state index in [-0.39, 0.29) is 17.9 Å². The Hall–Kier alpha value is -1.43. The minimum absolute atomic E-state index is 0.0770. The van der Waals surface area contributed by atoms with Gasteiger partial charge in [0.25, 0.3) is 0 Å². The van der Waals surface area contributed by atoms with Crippen LogP contribution in [0.2, 0.25) is 0 Å². The molecule has 0 bridgehead atoms. The predicted octanol–water partition coefficient (Wildman–Crippen LogP) is 3.37. The van der Waals surface area contributed by atoms with E-state index in [4.69, 9.17) is 9.57 Å². The van der Waals surface area contributed by atoms with Gasteiger partial charge in [-0.1, -0.05) is 31.2 Å². The Bertz CT molecular complexity index is 492. The van der Waals surface area contributed by atoms with Crippen molar-refractivity contribution >= 4 is 23.4 Å². The number of rotatable bonds is 6. The maximum atomic E-state index is 12.4. The van der Waals surface area contributed by atoms with Gasteiger partial charge in [-0.3, -0.25) is 0 Å². The number of nitrogens with zero attached hydrogens (tertiary/aromatic N) is 1. The van der Waals surface area contributed by atoms with Crippen LogP contribution in [-0.4, -0.2) is 40.5 Å². The summed E-state index contributed by atoms with van der Waals surface area (Å²) in [7, 11) is 0. The van der Waals surface area contributed by atoms with Gasteiger partial charge in [-0.15, -0.1) is 0 Å². The Morgan fingerprint density at radius 1 is 1.64 bits per heavy atom. The molecular weight excluding hydrogens is 302 g/mol. The van der Waals surface area contributed by atoms with Gasteiger partial charge in [0.05, 0.1) is 5.71 Å². The van der Waals surface area contributed by atoms with Crippen molar-refractivity contribution in [2.24, 2.45) is 5.16 Å². The zero-order chi connectivity index (χ0) is 16.0. The number of hydrogen-bond acceptors (Lipinski definition) is 6. The number of carbonyl (C=O) groups excluding carboxylic acids is 1. The van der Waals surface area contributed by atoms with Gasteiger partial charge in [0, 0.05) is 12.2 Å². The van der Waals surface area contributed by atoms with Gasteiger partial charge in [-0.2, -0.15) is 11.8 Å². The van der Waals surface area contributed by atoms with E-state index in [1.165, 1.54) is 0 Å². The van der Waals surface area contributed by atoms with Crippen molar-refractivity contribution in [1.82, 2.24) is 0 Å². The summed E-state index contributed by atoms with van der Waals surface area (Å²) in [6.07, 6.45) is 5.09. The molecule has 2 aliphatic rings. The minimum Gasteiger partial charge on any atom is -0.511 e. The molecule has 2 rings (SSSR count). The summed E-state index contributed by atoms with van der Waals surface area (Å²) >= 11 is 1.76. The lowest BCUT2D eigenvalue weighted by molar-refractivity contribution is -0.156. The zero-order valence-corrected chi connectivity index (χ0v) is 13.8. The summed E-state index contributed by atoms with van der Waals surface area (Å²) in [6, 6.07) is 0. The van der Waals surface area contributed by atoms with Crippen LogP contribution in [0, 0.1) is 0 Å². The van der Waals surface area contributed by atoms with Gasteiger partial charge in [-0.05, 0) is 25.0 Å². The number of ether oxygens (including phenoxy) is 1. The number of hydrogen-bond donors (Lipinski definition) is 1. The van der Waals surface area contributed by atoms with Crippen LogP contribution in [0.5, 0.6) is 0 Å². The molecule has 2 aliphatic heterocycles. The molecule has 1 fully saturated rings. The fourth-order valence-corrected chi connectivity index (χ4v) is 3.92. The lowest BCUT2D eigenvalue weighted by Crippen LogP contribution is -2.45. The number of carbonyl (C=O) groups is 1. The molecule has 22 heavy (non-hydrogen) atoms. The van der Waals surface area contributed by atoms with E-state index in [0.717, 1.165) is 30.8 Å². The topological polar surface area (TPSA) is 68.1 Å². The van der Waals surface area contributed by atoms with Gasteiger partial charge >= 0.3 is 5.97 Å². The number of aliphatic hydroxyl groups excluding tert-OH is 1. The average Bonchev–Trinajstić information content (AvgIpc) is 2.47. The summed E-state index contributed by atoms with van der Waals surface area (Å²) in [4.78, 5) is 17.5. The highest BCUT2D eigenvalue weighted by molar-refractivity contribution is 7.99. The molecule has 6 heteroatoms. The van der Waals surface area contributed by atoms with Crippen LogP contribution in [0.3, 0.4) is 0 Å². The summed E-state index contributed by atoms with van der Waals surface area (Å²) < 4.78 is 5.70. The van der Waals surface area contributed by atoms with Gasteiger partial charge in [0.15, 0.2) is 0 Å². The first-order valence-corrected chi connectivity index (χ1v) is 8.80. The molecule has 0 aromatic rings. The van der Waals surface area contributed by atoms with E-state index in [1.807, 2.05) is 6.92 Å². The largest absolute Gasteiger partial charge is 0.511 e. The highest BCUT2D eigenvalue weighted by Crippen LogP contribution is 2.39. The lowest BCUT2D eigenvalue weighted by Gasteiger charge is -2.39. The average molecular weight is 325 g/mol. The molecule has 0 amide bonds. The van der Waals surface area contributed by atoms with Crippen LogP contribution < -0.4 is 0 Å². The van der Waals surface area contributed by atoms with Crippen molar-refractivity contribution in [3.8, 4) is 0 Å². The van der Waals surface area contributed by atoms with Crippen molar-refractivity contribution in [2.45, 2.75) is 44.6 Å². The third-order valence-electron chi connectivity index (χ3n) is 3.72. The zero-order valence-electron chi connectivity index (χ0n) is 13.0. The molecule has 0 radical (unpaired) electrons. The van der Waals surface area contributed by atoms with E-state index in [9.17, 15) is 9.90 Å². The molecule has 0 aromatic carbocycles. The normalized spacial score (nSPS) is 26.0. The molecule has 1 unspecified atom stereocenters. The van der Waals surface area contributed by atoms with Crippen LogP contribution in [-0.2, 0) is 14.4 Å². The summed E-state index contributed by atoms with van der Waals surface area (Å²) in [5.74, 6) is 1.41. The van der Waals surface area contributed by atoms with Crippen LogP contribution in [0.1, 0.15) is 39.0 Å². The first-order valence-electron chi connectivity index (χ1n) is 7.65. The Kier molecular flexibility index (Phi) is 5.94. The third-order valence-corrected chi connectivity index (χ3v) is 5.03. The van der Waals surface area contributed by atoms with Crippen molar-refractivity contribution in [1.29, 1.82) is 0 Å². The summed E-state index contributed by atoms with van der Waals surface area (Å²) in [5, 5.41) is 14.4. The van der Waals surface area contributed by atoms with E-state index in [0.29, 0.717) is 18.6 Å². The Morgan fingerprint density at radius 2 is 2.45 bits per heavy atom. The second-order valence-electron chi connectivity index (χ2n) is 5.60. The molecule has 5 nitrogen and oxygen atoms in total. The highest BCUT2D eigenvalue weighted by Gasteiger charge is 2.44. The SMILES string of the molecule is C=CCON=C(CCC)C1=C(O)CC2(CCCSC2)OC1=O. The molecule has 2 heterocycles. The molecule has 122 valence electrons. The highest BCUT2D eigenvalue weighted by atomic mass is 32.2. The lowest BCUT2D eigenvalue weighted by atomic mass is 9.88. The second-order valence-corrected chi connectivity index (χ2v) is 6.70. The van der Waals surface area contributed by atoms with E-state index in [1.54, 1.807) is 17.8 Å². The maximum absolute atomic E-state index is 12.4. The summed E-state index contributed by atoms with van der Waals surface area (Å²) in [6.45, 7) is 5.79. The first kappa shape index (κ1) is 16.9. The summed E-state index contributed by atoms with van der Waals surface area (Å²) in [5.41, 5.74) is 0.0737. The molecule has 0 aliphatic carbocycles. The van der Waals surface area contributed by atoms with Gasteiger partial charge < -0.3 is 14.7 Å². The smallest absolute Gasteiger partial charge is 0.344 e. The molecule has 0 saturated carbocycles. The Labute approximate surface area is 135 Å². The first-order chi connectivity index (χ1) is 10.6. The van der Waals surface area contributed by atoms with Crippen LogP contribution in [0.15, 0.2) is 29.1 Å². The molecule has 1 atom stereocenters. The monoisotopic (exact) mass is 325 g/mol. The predicted molar refractivity (Wildman–Crippen MR) is 88.1 cm³/mol. The van der Waals surface area contributed by atoms with E-state index >= 15 is 0 Å². The van der Waals surface area contributed by atoms with Crippen LogP contribution in [0.25, 0.3) is 0 Å². The molecule has 0 aromatic heterocycles. The van der Waals surface area contributed by atoms with Gasteiger partial charge in [0.1, 0.15) is 23.5 Å².